The van der Waals surface area contributed by atoms with Crippen LogP contribution in [0.4, 0.5) is 10.5 Å². The summed E-state index contributed by atoms with van der Waals surface area (Å²) in [6.07, 6.45) is 10.5. The van der Waals surface area contributed by atoms with E-state index in [4.69, 9.17) is 9.40 Å². The van der Waals surface area contributed by atoms with Gasteiger partial charge in [0.25, 0.3) is 5.91 Å². The van der Waals surface area contributed by atoms with Crippen LogP contribution >= 0.6 is 0 Å². The first-order valence-corrected chi connectivity index (χ1v) is 10.6. The van der Waals surface area contributed by atoms with Gasteiger partial charge in [-0.1, -0.05) is 12.1 Å². The number of nitrogens with zero attached hydrogens (tertiary/aromatic N) is 3. The lowest BCUT2D eigenvalue weighted by Gasteiger charge is -2.15. The fourth-order valence-corrected chi connectivity index (χ4v) is 4.08. The quantitative estimate of drug-likeness (QED) is 0.474. The smallest absolute Gasteiger partial charge is 0.342 e. The van der Waals surface area contributed by atoms with Crippen molar-refractivity contribution in [3.63, 3.8) is 0 Å². The topological polar surface area (TPSA) is 109 Å². The Hall–Kier alpha value is -4.85. The van der Waals surface area contributed by atoms with Crippen LogP contribution in [-0.2, 0) is 0 Å². The minimum Gasteiger partial charge on any atom is -0.463 e. The summed E-state index contributed by atoms with van der Waals surface area (Å²) < 4.78 is 5.52. The van der Waals surface area contributed by atoms with Crippen LogP contribution in [0.2, 0.25) is 0 Å². The molecule has 1 atom stereocenters. The Morgan fingerprint density at radius 3 is 2.85 bits per heavy atom. The molecule has 1 aromatic carbocycles. The predicted octanol–water partition coefficient (Wildman–Crippen LogP) is 4.63. The number of fused-ring (bicyclic) bond motifs is 2. The second-order valence-corrected chi connectivity index (χ2v) is 7.88. The Kier molecular flexibility index (Phi) is 4.62. The lowest BCUT2D eigenvalue weighted by atomic mass is 9.94. The van der Waals surface area contributed by atoms with E-state index in [0.29, 0.717) is 39.3 Å². The maximum atomic E-state index is 13.3. The lowest BCUT2D eigenvalue weighted by molar-refractivity contribution is 0.102. The first-order valence-electron chi connectivity index (χ1n) is 10.6. The van der Waals surface area contributed by atoms with Crippen LogP contribution in [0.15, 0.2) is 94.8 Å². The van der Waals surface area contributed by atoms with Crippen LogP contribution in [0, 0.1) is 0 Å². The van der Waals surface area contributed by atoms with Gasteiger partial charge in [0, 0.05) is 11.6 Å². The van der Waals surface area contributed by atoms with Gasteiger partial charge in [0.05, 0.1) is 41.0 Å². The van der Waals surface area contributed by atoms with Crippen LogP contribution in [0.3, 0.4) is 0 Å². The van der Waals surface area contributed by atoms with Crippen molar-refractivity contribution in [3.8, 4) is 11.5 Å². The number of rotatable bonds is 4. The number of nitrogens with one attached hydrogen (secondary N) is 2. The third-order valence-electron chi connectivity index (χ3n) is 5.69. The standard InChI is InChI=1S/C26H17N5O3/c32-25(28-17-3-1-9-27-14-17)19-13-23(24-4-2-10-34-24)29-20-7-5-15(11-18(19)20)16-6-8-21-22(12-16)31-26(33)30-21/h1-14,22H,(H,28,32)(H,31,33). The van der Waals surface area contributed by atoms with E-state index < -0.39 is 0 Å². The van der Waals surface area contributed by atoms with Crippen LogP contribution in [0.25, 0.3) is 27.9 Å². The monoisotopic (exact) mass is 447 g/mol. The summed E-state index contributed by atoms with van der Waals surface area (Å²) in [7, 11) is 0. The zero-order valence-electron chi connectivity index (χ0n) is 17.7. The summed E-state index contributed by atoms with van der Waals surface area (Å²) in [6, 6.07) is 14.0. The number of hydrogen-bond donors (Lipinski definition) is 2. The molecule has 1 aliphatic carbocycles. The molecule has 0 spiro atoms. The van der Waals surface area contributed by atoms with E-state index in [1.807, 2.05) is 36.4 Å². The van der Waals surface area contributed by atoms with Gasteiger partial charge in [-0.3, -0.25) is 9.78 Å². The summed E-state index contributed by atoms with van der Waals surface area (Å²) in [5, 5.41) is 6.41. The number of benzene rings is 1. The molecule has 1 unspecified atom stereocenters. The molecule has 0 saturated heterocycles. The number of hydrogen-bond acceptors (Lipinski definition) is 5. The Labute approximate surface area is 193 Å². The number of anilines is 1. The summed E-state index contributed by atoms with van der Waals surface area (Å²) >= 11 is 0. The second kappa shape index (κ2) is 7.93. The molecule has 0 saturated carbocycles. The van der Waals surface area contributed by atoms with Crippen molar-refractivity contribution >= 4 is 39.8 Å². The first-order chi connectivity index (χ1) is 16.6. The maximum absolute atomic E-state index is 13.3. The predicted molar refractivity (Wildman–Crippen MR) is 129 cm³/mol. The number of urea groups is 1. The number of amides is 3. The summed E-state index contributed by atoms with van der Waals surface area (Å²) in [4.78, 5) is 37.7. The Morgan fingerprint density at radius 1 is 1.09 bits per heavy atom. The number of furan rings is 1. The van der Waals surface area contributed by atoms with Crippen molar-refractivity contribution in [2.75, 3.05) is 5.32 Å². The van der Waals surface area contributed by atoms with Gasteiger partial charge in [-0.25, -0.2) is 9.78 Å². The van der Waals surface area contributed by atoms with Gasteiger partial charge < -0.3 is 15.1 Å². The molecule has 1 aliphatic heterocycles. The van der Waals surface area contributed by atoms with Crippen LogP contribution in [0.1, 0.15) is 15.9 Å². The molecule has 0 fully saturated rings. The molecular weight excluding hydrogens is 430 g/mol. The molecule has 3 aromatic heterocycles. The zero-order chi connectivity index (χ0) is 23.1. The van der Waals surface area contributed by atoms with E-state index in [2.05, 4.69) is 20.6 Å². The molecule has 4 heterocycles. The maximum Gasteiger partial charge on any atom is 0.342 e. The third kappa shape index (κ3) is 3.57. The van der Waals surface area contributed by atoms with E-state index in [-0.39, 0.29) is 18.0 Å². The van der Waals surface area contributed by atoms with Gasteiger partial charge in [-0.05, 0) is 65.8 Å². The Bertz CT molecular complexity index is 1540. The van der Waals surface area contributed by atoms with Gasteiger partial charge in [-0.15, -0.1) is 0 Å². The van der Waals surface area contributed by atoms with Crippen molar-refractivity contribution in [2.24, 2.45) is 4.99 Å². The van der Waals surface area contributed by atoms with Gasteiger partial charge in [0.1, 0.15) is 5.69 Å². The van der Waals surface area contributed by atoms with Crippen LogP contribution < -0.4 is 10.6 Å². The minimum atomic E-state index is -0.343. The second-order valence-electron chi connectivity index (χ2n) is 7.88. The normalized spacial score (nSPS) is 16.6. The molecular formula is C26H17N5O3. The lowest BCUT2D eigenvalue weighted by Crippen LogP contribution is -2.30. The number of allylic oxidation sites excluding steroid dienone is 2. The summed E-state index contributed by atoms with van der Waals surface area (Å²) in [6.45, 7) is 0. The van der Waals surface area contributed by atoms with E-state index in [0.717, 1.165) is 11.1 Å². The van der Waals surface area contributed by atoms with Gasteiger partial charge in [0.15, 0.2) is 5.76 Å². The van der Waals surface area contributed by atoms with Gasteiger partial charge >= 0.3 is 6.03 Å². The highest BCUT2D eigenvalue weighted by Crippen LogP contribution is 2.30. The van der Waals surface area contributed by atoms with Gasteiger partial charge in [0.2, 0.25) is 0 Å². The average molecular weight is 447 g/mol. The summed E-state index contributed by atoms with van der Waals surface area (Å²) in [5.41, 5.74) is 4.78. The average Bonchev–Trinajstić information content (AvgIpc) is 3.52. The van der Waals surface area contributed by atoms with Gasteiger partial charge in [-0.2, -0.15) is 4.99 Å². The number of pyridine rings is 2. The van der Waals surface area contributed by atoms with Crippen LogP contribution in [-0.4, -0.2) is 33.7 Å². The van der Waals surface area contributed by atoms with Crippen molar-refractivity contribution in [2.45, 2.75) is 6.04 Å². The van der Waals surface area contributed by atoms with Crippen molar-refractivity contribution in [1.29, 1.82) is 0 Å². The SMILES string of the molecule is O=C1N=C2C=CC(c3ccc4nc(-c5ccco5)cc(C(=O)Nc5cccnc5)c4c3)=CC2N1. The molecule has 8 heteroatoms. The molecule has 0 bridgehead atoms. The zero-order valence-corrected chi connectivity index (χ0v) is 17.7. The first kappa shape index (κ1) is 19.8. The molecule has 4 aromatic rings. The molecule has 6 rings (SSSR count). The molecule has 34 heavy (non-hydrogen) atoms. The minimum absolute atomic E-state index is 0.254. The fraction of sp³-hybridized carbons (Fsp3) is 0.0385. The summed E-state index contributed by atoms with van der Waals surface area (Å²) in [5.74, 6) is 0.291. The number of aromatic nitrogens is 2. The molecule has 2 N–H and O–H groups in total. The Balaban J connectivity index is 1.45. The van der Waals surface area contributed by atoms with Crippen molar-refractivity contribution < 1.29 is 14.0 Å². The third-order valence-corrected chi connectivity index (χ3v) is 5.69. The van der Waals surface area contributed by atoms with Crippen LogP contribution in [0.5, 0.6) is 0 Å². The van der Waals surface area contributed by atoms with E-state index in [9.17, 15) is 9.59 Å². The largest absolute Gasteiger partial charge is 0.463 e. The van der Waals surface area contributed by atoms with E-state index in [1.54, 1.807) is 49.0 Å². The highest BCUT2D eigenvalue weighted by atomic mass is 16.3. The number of carbonyl (C=O) groups is 2. The fourth-order valence-electron chi connectivity index (χ4n) is 4.08. The highest BCUT2D eigenvalue weighted by molar-refractivity contribution is 6.16. The Morgan fingerprint density at radius 2 is 2.03 bits per heavy atom. The van der Waals surface area contributed by atoms with E-state index >= 15 is 0 Å². The number of carbonyl (C=O) groups excluding carboxylic acids is 2. The number of aliphatic imine (C=N–C) groups is 1. The molecule has 8 nitrogen and oxygen atoms in total. The molecule has 2 aliphatic rings. The van der Waals surface area contributed by atoms with Crippen molar-refractivity contribution in [1.82, 2.24) is 15.3 Å². The highest BCUT2D eigenvalue weighted by Gasteiger charge is 2.25. The molecule has 0 radical (unpaired) electrons. The molecule has 3 amide bonds. The van der Waals surface area contributed by atoms with Crippen molar-refractivity contribution in [3.05, 3.63) is 96.5 Å². The van der Waals surface area contributed by atoms with E-state index in [1.165, 1.54) is 0 Å². The molecule has 164 valence electrons.